The van der Waals surface area contributed by atoms with Gasteiger partial charge in [0.2, 0.25) is 0 Å². The molecule has 1 heterocycles. The van der Waals surface area contributed by atoms with Crippen molar-refractivity contribution < 1.29 is 4.79 Å². The van der Waals surface area contributed by atoms with Gasteiger partial charge in [-0.3, -0.25) is 9.78 Å². The summed E-state index contributed by atoms with van der Waals surface area (Å²) in [4.78, 5) is 18.8. The van der Waals surface area contributed by atoms with Crippen LogP contribution in [0.5, 0.6) is 0 Å². The van der Waals surface area contributed by atoms with E-state index in [-0.39, 0.29) is 5.91 Å². The first-order chi connectivity index (χ1) is 8.74. The fraction of sp³-hybridized carbons (Fsp3) is 0.571. The monoisotopic (exact) mass is 310 g/mol. The van der Waals surface area contributed by atoms with Crippen LogP contribution in [0, 0.1) is 6.92 Å². The van der Waals surface area contributed by atoms with E-state index >= 15 is 0 Å². The molecule has 18 heavy (non-hydrogen) atoms. The van der Waals surface area contributed by atoms with Crippen LogP contribution in [0.15, 0.2) is 18.3 Å². The summed E-state index contributed by atoms with van der Waals surface area (Å²) >= 11 is 3.45. The standard InChI is InChI=1S/C14H19BrN2O/c1-11-13(7-4-9-16-11)14(18)17(10-8-15)12-5-2-3-6-12/h4,7,9,12H,2-3,5-6,8,10H2,1H3. The summed E-state index contributed by atoms with van der Waals surface area (Å²) in [7, 11) is 0. The van der Waals surface area contributed by atoms with E-state index in [1.54, 1.807) is 6.20 Å². The summed E-state index contributed by atoms with van der Waals surface area (Å²) in [5.41, 5.74) is 1.56. The Balaban J connectivity index is 2.20. The van der Waals surface area contributed by atoms with Crippen LogP contribution in [0.1, 0.15) is 41.7 Å². The summed E-state index contributed by atoms with van der Waals surface area (Å²) in [5.74, 6) is 0.131. The van der Waals surface area contributed by atoms with Crippen LogP contribution >= 0.6 is 15.9 Å². The van der Waals surface area contributed by atoms with Crippen LogP contribution in [-0.2, 0) is 0 Å². The predicted octanol–water partition coefficient (Wildman–Crippen LogP) is 3.17. The SMILES string of the molecule is Cc1ncccc1C(=O)N(CCBr)C1CCCC1. The Hall–Kier alpha value is -0.900. The molecule has 4 heteroatoms. The number of alkyl halides is 1. The molecule has 0 radical (unpaired) electrons. The number of carbonyl (C=O) groups excluding carboxylic acids is 1. The highest BCUT2D eigenvalue weighted by Gasteiger charge is 2.27. The zero-order valence-corrected chi connectivity index (χ0v) is 12.3. The third-order valence-electron chi connectivity index (χ3n) is 3.59. The number of carbonyl (C=O) groups is 1. The van der Waals surface area contributed by atoms with E-state index in [1.807, 2.05) is 24.0 Å². The van der Waals surface area contributed by atoms with E-state index in [9.17, 15) is 4.79 Å². The summed E-state index contributed by atoms with van der Waals surface area (Å²) in [5, 5.41) is 0.828. The number of aryl methyl sites for hydroxylation is 1. The summed E-state index contributed by atoms with van der Waals surface area (Å²) < 4.78 is 0. The Morgan fingerprint density at radius 3 is 2.83 bits per heavy atom. The van der Waals surface area contributed by atoms with Gasteiger partial charge in [-0.15, -0.1) is 0 Å². The molecule has 3 nitrogen and oxygen atoms in total. The Morgan fingerprint density at radius 2 is 2.22 bits per heavy atom. The molecule has 0 spiro atoms. The molecule has 0 saturated heterocycles. The quantitative estimate of drug-likeness (QED) is 0.800. The number of hydrogen-bond acceptors (Lipinski definition) is 2. The summed E-state index contributed by atoms with van der Waals surface area (Å²) in [6.45, 7) is 2.67. The minimum atomic E-state index is 0.131. The summed E-state index contributed by atoms with van der Waals surface area (Å²) in [6, 6.07) is 4.12. The molecule has 0 bridgehead atoms. The molecule has 98 valence electrons. The lowest BCUT2D eigenvalue weighted by Gasteiger charge is -2.28. The van der Waals surface area contributed by atoms with Crippen molar-refractivity contribution in [3.05, 3.63) is 29.6 Å². The maximum Gasteiger partial charge on any atom is 0.255 e. The van der Waals surface area contributed by atoms with E-state index in [0.29, 0.717) is 6.04 Å². The highest BCUT2D eigenvalue weighted by Crippen LogP contribution is 2.25. The van der Waals surface area contributed by atoms with Crippen molar-refractivity contribution in [3.8, 4) is 0 Å². The van der Waals surface area contributed by atoms with Crippen molar-refractivity contribution in [1.82, 2.24) is 9.88 Å². The van der Waals surface area contributed by atoms with Gasteiger partial charge in [-0.1, -0.05) is 28.8 Å². The van der Waals surface area contributed by atoms with Crippen molar-refractivity contribution in [3.63, 3.8) is 0 Å². The van der Waals surface area contributed by atoms with Gasteiger partial charge in [-0.05, 0) is 31.9 Å². The van der Waals surface area contributed by atoms with Gasteiger partial charge in [-0.25, -0.2) is 0 Å². The zero-order chi connectivity index (χ0) is 13.0. The third kappa shape index (κ3) is 2.91. The minimum absolute atomic E-state index is 0.131. The van der Waals surface area contributed by atoms with Crippen LogP contribution in [0.25, 0.3) is 0 Å². The van der Waals surface area contributed by atoms with Gasteiger partial charge in [0.1, 0.15) is 0 Å². The topological polar surface area (TPSA) is 33.2 Å². The molecule has 1 fully saturated rings. The number of pyridine rings is 1. The van der Waals surface area contributed by atoms with E-state index in [4.69, 9.17) is 0 Å². The number of hydrogen-bond donors (Lipinski definition) is 0. The lowest BCUT2D eigenvalue weighted by Crippen LogP contribution is -2.40. The third-order valence-corrected chi connectivity index (χ3v) is 3.94. The number of amides is 1. The molecule has 1 aliphatic carbocycles. The second kappa shape index (κ2) is 6.32. The van der Waals surface area contributed by atoms with Crippen LogP contribution in [0.2, 0.25) is 0 Å². The van der Waals surface area contributed by atoms with Gasteiger partial charge in [0.15, 0.2) is 0 Å². The molecule has 1 aromatic rings. The second-order valence-corrected chi connectivity index (χ2v) is 5.56. The highest BCUT2D eigenvalue weighted by atomic mass is 79.9. The first-order valence-electron chi connectivity index (χ1n) is 6.52. The summed E-state index contributed by atoms with van der Waals surface area (Å²) in [6.07, 6.45) is 6.48. The van der Waals surface area contributed by atoms with Crippen molar-refractivity contribution >= 4 is 21.8 Å². The first kappa shape index (κ1) is 13.5. The molecule has 0 atom stereocenters. The van der Waals surface area contributed by atoms with Crippen LogP contribution in [0.4, 0.5) is 0 Å². The van der Waals surface area contributed by atoms with E-state index in [2.05, 4.69) is 20.9 Å². The number of halogens is 1. The molecule has 2 rings (SSSR count). The average molecular weight is 311 g/mol. The Labute approximate surface area is 117 Å². The van der Waals surface area contributed by atoms with Crippen LogP contribution < -0.4 is 0 Å². The van der Waals surface area contributed by atoms with Crippen LogP contribution in [-0.4, -0.2) is 33.7 Å². The van der Waals surface area contributed by atoms with Gasteiger partial charge >= 0.3 is 0 Å². The van der Waals surface area contributed by atoms with Gasteiger partial charge < -0.3 is 4.90 Å². The Kier molecular flexibility index (Phi) is 4.75. The fourth-order valence-corrected chi connectivity index (χ4v) is 3.00. The highest BCUT2D eigenvalue weighted by molar-refractivity contribution is 9.09. The molecule has 1 aliphatic rings. The average Bonchev–Trinajstić information content (AvgIpc) is 2.89. The number of rotatable bonds is 4. The van der Waals surface area contributed by atoms with Gasteiger partial charge in [0, 0.05) is 29.8 Å². The second-order valence-electron chi connectivity index (χ2n) is 4.76. The van der Waals surface area contributed by atoms with Gasteiger partial charge in [-0.2, -0.15) is 0 Å². The molecule has 0 aliphatic heterocycles. The maximum atomic E-state index is 12.6. The lowest BCUT2D eigenvalue weighted by atomic mass is 10.1. The molecule has 1 amide bonds. The van der Waals surface area contributed by atoms with E-state index < -0.39 is 0 Å². The molecular formula is C14H19BrN2O. The van der Waals surface area contributed by atoms with Crippen molar-refractivity contribution in [2.45, 2.75) is 38.6 Å². The fourth-order valence-electron chi connectivity index (χ4n) is 2.62. The number of nitrogens with zero attached hydrogens (tertiary/aromatic N) is 2. The number of aromatic nitrogens is 1. The van der Waals surface area contributed by atoms with E-state index in [0.717, 1.165) is 36.0 Å². The molecule has 1 aromatic heterocycles. The Morgan fingerprint density at radius 1 is 1.50 bits per heavy atom. The smallest absolute Gasteiger partial charge is 0.255 e. The molecular weight excluding hydrogens is 292 g/mol. The predicted molar refractivity (Wildman–Crippen MR) is 76.1 cm³/mol. The van der Waals surface area contributed by atoms with Gasteiger partial charge in [0.05, 0.1) is 5.56 Å². The minimum Gasteiger partial charge on any atom is -0.335 e. The normalized spacial score (nSPS) is 15.9. The van der Waals surface area contributed by atoms with Crippen molar-refractivity contribution in [2.75, 3.05) is 11.9 Å². The van der Waals surface area contributed by atoms with Crippen LogP contribution in [0.3, 0.4) is 0 Å². The van der Waals surface area contributed by atoms with Crippen molar-refractivity contribution in [1.29, 1.82) is 0 Å². The zero-order valence-electron chi connectivity index (χ0n) is 10.7. The lowest BCUT2D eigenvalue weighted by molar-refractivity contribution is 0.0695. The van der Waals surface area contributed by atoms with Gasteiger partial charge in [0.25, 0.3) is 5.91 Å². The first-order valence-corrected chi connectivity index (χ1v) is 7.64. The molecule has 0 aromatic carbocycles. The van der Waals surface area contributed by atoms with Crippen molar-refractivity contribution in [2.24, 2.45) is 0 Å². The molecule has 1 saturated carbocycles. The Bertz CT molecular complexity index is 416. The largest absolute Gasteiger partial charge is 0.335 e. The maximum absolute atomic E-state index is 12.6. The molecule has 0 N–H and O–H groups in total. The molecule has 0 unspecified atom stereocenters. The van der Waals surface area contributed by atoms with E-state index in [1.165, 1.54) is 12.8 Å².